The molecular weight excluding hydrogens is 322 g/mol. The molecule has 130 valence electrons. The Morgan fingerprint density at radius 1 is 1.46 bits per heavy atom. The van der Waals surface area contributed by atoms with E-state index in [1.54, 1.807) is 24.1 Å². The van der Waals surface area contributed by atoms with E-state index >= 15 is 0 Å². The highest BCUT2D eigenvalue weighted by Crippen LogP contribution is 2.49. The summed E-state index contributed by atoms with van der Waals surface area (Å²) in [6.45, 7) is 7.65. The maximum absolute atomic E-state index is 11.1. The van der Waals surface area contributed by atoms with Gasteiger partial charge in [0.1, 0.15) is 0 Å². The Hall–Kier alpha value is -1.53. The average molecular weight is 347 g/mol. The molecule has 2 aliphatic rings. The van der Waals surface area contributed by atoms with Gasteiger partial charge in [-0.15, -0.1) is 0 Å². The smallest absolute Gasteiger partial charge is 0.269 e. The van der Waals surface area contributed by atoms with Gasteiger partial charge in [0.2, 0.25) is 0 Å². The molecule has 24 heavy (non-hydrogen) atoms. The van der Waals surface area contributed by atoms with Crippen LogP contribution in [0.1, 0.15) is 38.7 Å². The molecule has 0 bridgehead atoms. The number of rotatable bonds is 6. The molecule has 1 aromatic carbocycles. The third-order valence-corrected chi connectivity index (χ3v) is 5.81. The Morgan fingerprint density at radius 2 is 2.25 bits per heavy atom. The van der Waals surface area contributed by atoms with Crippen LogP contribution < -0.4 is 10.0 Å². The van der Waals surface area contributed by atoms with E-state index in [4.69, 9.17) is 0 Å². The van der Waals surface area contributed by atoms with Crippen LogP contribution in [0.3, 0.4) is 0 Å². The molecule has 0 saturated heterocycles. The second kappa shape index (κ2) is 6.76. The summed E-state index contributed by atoms with van der Waals surface area (Å²) >= 11 is 1.75. The fourth-order valence-corrected chi connectivity index (χ4v) is 4.60. The standard InChI is InChI=1S/C18H25N3O2S/c1-4-24-19-11-18(2,3)17-14-7-5-6-13(14)15-10-12(21(22)23)8-9-16(15)20-17/h5-6,8-10,13-14,17,19-20H,4,7,11H2,1-3H3. The molecule has 3 atom stereocenters. The number of nitrogens with one attached hydrogen (secondary N) is 2. The molecule has 1 aromatic rings. The Labute approximate surface area is 147 Å². The van der Waals surface area contributed by atoms with Gasteiger partial charge in [-0.1, -0.05) is 44.9 Å². The Bertz CT molecular complexity index is 660. The van der Waals surface area contributed by atoms with Gasteiger partial charge in [0.15, 0.2) is 0 Å². The van der Waals surface area contributed by atoms with Crippen LogP contribution in [0.15, 0.2) is 30.4 Å². The summed E-state index contributed by atoms with van der Waals surface area (Å²) in [5, 5.41) is 14.8. The van der Waals surface area contributed by atoms with Crippen molar-refractivity contribution < 1.29 is 4.92 Å². The normalized spacial score (nSPS) is 25.0. The van der Waals surface area contributed by atoms with E-state index in [0.717, 1.165) is 30.0 Å². The second-order valence-electron chi connectivity index (χ2n) is 7.25. The highest BCUT2D eigenvalue weighted by molar-refractivity contribution is 7.97. The van der Waals surface area contributed by atoms with Crippen LogP contribution in [0.25, 0.3) is 0 Å². The van der Waals surface area contributed by atoms with E-state index < -0.39 is 0 Å². The number of hydrogen-bond acceptors (Lipinski definition) is 5. The first-order valence-electron chi connectivity index (χ1n) is 8.50. The minimum absolute atomic E-state index is 0.0799. The lowest BCUT2D eigenvalue weighted by atomic mass is 9.69. The first-order chi connectivity index (χ1) is 11.4. The zero-order valence-corrected chi connectivity index (χ0v) is 15.2. The van der Waals surface area contributed by atoms with Crippen molar-refractivity contribution in [2.24, 2.45) is 11.3 Å². The number of nitro benzene ring substituents is 1. The van der Waals surface area contributed by atoms with Crippen molar-refractivity contribution in [2.45, 2.75) is 39.2 Å². The van der Waals surface area contributed by atoms with Gasteiger partial charge < -0.3 is 5.32 Å². The van der Waals surface area contributed by atoms with Crippen molar-refractivity contribution in [2.75, 3.05) is 17.6 Å². The van der Waals surface area contributed by atoms with E-state index in [1.165, 1.54) is 0 Å². The Kier molecular flexibility index (Phi) is 4.88. The van der Waals surface area contributed by atoms with Gasteiger partial charge in [0.05, 0.1) is 4.92 Å². The lowest BCUT2D eigenvalue weighted by molar-refractivity contribution is -0.384. The first-order valence-corrected chi connectivity index (χ1v) is 9.49. The minimum atomic E-state index is -0.310. The van der Waals surface area contributed by atoms with Crippen LogP contribution in [0.5, 0.6) is 0 Å². The maximum Gasteiger partial charge on any atom is 0.269 e. The van der Waals surface area contributed by atoms with Crippen molar-refractivity contribution in [3.05, 3.63) is 46.0 Å². The highest BCUT2D eigenvalue weighted by atomic mass is 32.2. The van der Waals surface area contributed by atoms with Gasteiger partial charge in [-0.2, -0.15) is 0 Å². The molecule has 1 aliphatic carbocycles. The summed E-state index contributed by atoms with van der Waals surface area (Å²) in [5.74, 6) is 1.76. The van der Waals surface area contributed by atoms with Crippen LogP contribution in [0.4, 0.5) is 11.4 Å². The zero-order valence-electron chi connectivity index (χ0n) is 14.4. The topological polar surface area (TPSA) is 67.2 Å². The second-order valence-corrected chi connectivity index (χ2v) is 8.40. The van der Waals surface area contributed by atoms with E-state index in [-0.39, 0.29) is 21.9 Å². The van der Waals surface area contributed by atoms with Crippen molar-refractivity contribution in [1.29, 1.82) is 0 Å². The molecule has 2 N–H and O–H groups in total. The van der Waals surface area contributed by atoms with Crippen molar-refractivity contribution >= 4 is 23.3 Å². The highest BCUT2D eigenvalue weighted by Gasteiger charge is 2.44. The van der Waals surface area contributed by atoms with Crippen molar-refractivity contribution in [1.82, 2.24) is 4.72 Å². The molecule has 3 rings (SSSR count). The lowest BCUT2D eigenvalue weighted by Gasteiger charge is -2.45. The fourth-order valence-electron chi connectivity index (χ4n) is 3.92. The van der Waals surface area contributed by atoms with E-state index in [2.05, 4.69) is 43.0 Å². The Morgan fingerprint density at radius 3 is 2.96 bits per heavy atom. The quantitative estimate of drug-likeness (QED) is 0.263. The molecule has 5 nitrogen and oxygen atoms in total. The van der Waals surface area contributed by atoms with Gasteiger partial charge in [-0.3, -0.25) is 14.8 Å². The molecule has 3 unspecified atom stereocenters. The summed E-state index contributed by atoms with van der Waals surface area (Å²) in [6.07, 6.45) is 5.47. The SMILES string of the molecule is CCSNCC(C)(C)C1Nc2ccc([N+](=O)[O-])cc2C2C=CCC21. The Balaban J connectivity index is 1.89. The third kappa shape index (κ3) is 3.17. The number of fused-ring (bicyclic) bond motifs is 3. The van der Waals surface area contributed by atoms with Crippen molar-refractivity contribution in [3.63, 3.8) is 0 Å². The average Bonchev–Trinajstić information content (AvgIpc) is 3.03. The maximum atomic E-state index is 11.1. The molecule has 0 fully saturated rings. The number of anilines is 1. The predicted molar refractivity (Wildman–Crippen MR) is 100 cm³/mol. The molecule has 1 heterocycles. The largest absolute Gasteiger partial charge is 0.381 e. The van der Waals surface area contributed by atoms with Crippen LogP contribution in [-0.2, 0) is 0 Å². The first kappa shape index (κ1) is 17.3. The van der Waals surface area contributed by atoms with Gasteiger partial charge in [0, 0.05) is 42.1 Å². The summed E-state index contributed by atoms with van der Waals surface area (Å²) < 4.78 is 3.47. The van der Waals surface area contributed by atoms with Crippen LogP contribution >= 0.6 is 11.9 Å². The van der Waals surface area contributed by atoms with Gasteiger partial charge >= 0.3 is 0 Å². The summed E-state index contributed by atoms with van der Waals surface area (Å²) in [6, 6.07) is 5.54. The van der Waals surface area contributed by atoms with Crippen LogP contribution in [-0.4, -0.2) is 23.3 Å². The predicted octanol–water partition coefficient (Wildman–Crippen LogP) is 4.33. The van der Waals surface area contributed by atoms with Crippen LogP contribution in [0, 0.1) is 21.4 Å². The minimum Gasteiger partial charge on any atom is -0.381 e. The summed E-state index contributed by atoms with van der Waals surface area (Å²) in [7, 11) is 0. The van der Waals surface area contributed by atoms with Gasteiger partial charge in [-0.25, -0.2) is 0 Å². The monoisotopic (exact) mass is 347 g/mol. The molecule has 0 radical (unpaired) electrons. The number of non-ortho nitro benzene ring substituents is 1. The van der Waals surface area contributed by atoms with Gasteiger partial charge in [-0.05, 0) is 29.4 Å². The number of benzene rings is 1. The molecule has 6 heteroatoms. The number of nitro groups is 1. The molecule has 0 saturated carbocycles. The number of allylic oxidation sites excluding steroid dienone is 2. The van der Waals surface area contributed by atoms with E-state index in [9.17, 15) is 10.1 Å². The summed E-state index contributed by atoms with van der Waals surface area (Å²) in [4.78, 5) is 10.8. The molecule has 0 aromatic heterocycles. The molecule has 0 spiro atoms. The van der Waals surface area contributed by atoms with Crippen LogP contribution in [0.2, 0.25) is 0 Å². The van der Waals surface area contributed by atoms with E-state index in [0.29, 0.717) is 12.0 Å². The third-order valence-electron chi connectivity index (χ3n) is 5.17. The zero-order chi connectivity index (χ0) is 17.3. The molecule has 0 amide bonds. The fraction of sp³-hybridized carbons (Fsp3) is 0.556. The molecule has 1 aliphatic heterocycles. The number of hydrogen-bond donors (Lipinski definition) is 2. The van der Waals surface area contributed by atoms with E-state index in [1.807, 2.05) is 6.07 Å². The molecular formula is C18H25N3O2S. The lowest BCUT2D eigenvalue weighted by Crippen LogP contribution is -2.49. The van der Waals surface area contributed by atoms with Crippen molar-refractivity contribution in [3.8, 4) is 0 Å². The summed E-state index contributed by atoms with van der Waals surface area (Å²) in [5.41, 5.74) is 2.35. The van der Waals surface area contributed by atoms with Gasteiger partial charge in [0.25, 0.3) is 5.69 Å². The number of nitrogens with zero attached hydrogens (tertiary/aromatic N) is 1.